The van der Waals surface area contributed by atoms with E-state index in [0.29, 0.717) is 11.8 Å². The topological polar surface area (TPSA) is 0 Å². The molecule has 1 aliphatic carbocycles. The van der Waals surface area contributed by atoms with Crippen LogP contribution in [0.15, 0.2) is 24.1 Å². The predicted octanol–water partition coefficient (Wildman–Crippen LogP) is 3.07. The number of allylic oxidation sites excluding steroid dienone is 4. The van der Waals surface area contributed by atoms with E-state index in [9.17, 15) is 4.39 Å². The Balaban J connectivity index is 2.64. The molecule has 1 aliphatic rings. The van der Waals surface area contributed by atoms with Gasteiger partial charge in [0.25, 0.3) is 0 Å². The van der Waals surface area contributed by atoms with E-state index in [-0.39, 0.29) is 5.83 Å². The van der Waals surface area contributed by atoms with Crippen molar-refractivity contribution in [1.82, 2.24) is 0 Å². The highest BCUT2D eigenvalue weighted by atomic mass is 19.1. The van der Waals surface area contributed by atoms with Crippen molar-refractivity contribution in [3.05, 3.63) is 24.1 Å². The Bertz CT molecular complexity index is 168. The fourth-order valence-corrected chi connectivity index (χ4v) is 1.33. The first-order chi connectivity index (χ1) is 4.74. The summed E-state index contributed by atoms with van der Waals surface area (Å²) in [5.74, 6) is 0.826. The van der Waals surface area contributed by atoms with Gasteiger partial charge in [0.05, 0.1) is 0 Å². The number of hydrogen-bond donors (Lipinski definition) is 0. The van der Waals surface area contributed by atoms with Crippen molar-refractivity contribution in [1.29, 1.82) is 0 Å². The Kier molecular flexibility index (Phi) is 2.25. The first kappa shape index (κ1) is 7.52. The minimum absolute atomic E-state index is 0.0859. The molecule has 2 unspecified atom stereocenters. The highest BCUT2D eigenvalue weighted by Crippen LogP contribution is 2.25. The van der Waals surface area contributed by atoms with Gasteiger partial charge in [-0.2, -0.15) is 0 Å². The van der Waals surface area contributed by atoms with Crippen molar-refractivity contribution in [3.63, 3.8) is 0 Å². The second-order valence-electron chi connectivity index (χ2n) is 2.84. The van der Waals surface area contributed by atoms with Crippen molar-refractivity contribution in [3.8, 4) is 0 Å². The zero-order valence-corrected chi connectivity index (χ0v) is 6.47. The largest absolute Gasteiger partial charge is 0.207 e. The van der Waals surface area contributed by atoms with Crippen LogP contribution < -0.4 is 0 Å². The molecule has 2 atom stereocenters. The summed E-state index contributed by atoms with van der Waals surface area (Å²) in [5.41, 5.74) is 0. The second kappa shape index (κ2) is 3.00. The molecule has 0 aromatic carbocycles. The van der Waals surface area contributed by atoms with Gasteiger partial charge in [-0.3, -0.25) is 0 Å². The maximum absolute atomic E-state index is 12.5. The van der Waals surface area contributed by atoms with Crippen LogP contribution in [0.5, 0.6) is 0 Å². The maximum atomic E-state index is 12.5. The van der Waals surface area contributed by atoms with Gasteiger partial charge in [0.15, 0.2) is 0 Å². The fourth-order valence-electron chi connectivity index (χ4n) is 1.33. The summed E-state index contributed by atoms with van der Waals surface area (Å²) in [4.78, 5) is 0. The lowest BCUT2D eigenvalue weighted by Gasteiger charge is -2.18. The Morgan fingerprint density at radius 1 is 1.60 bits per heavy atom. The molecule has 0 spiro atoms. The van der Waals surface area contributed by atoms with Crippen LogP contribution in [0.25, 0.3) is 0 Å². The molecule has 0 saturated heterocycles. The van der Waals surface area contributed by atoms with Gasteiger partial charge >= 0.3 is 0 Å². The van der Waals surface area contributed by atoms with Crippen LogP contribution >= 0.6 is 0 Å². The average molecular weight is 140 g/mol. The summed E-state index contributed by atoms with van der Waals surface area (Å²) >= 11 is 0. The van der Waals surface area contributed by atoms with Gasteiger partial charge < -0.3 is 0 Å². The second-order valence-corrected chi connectivity index (χ2v) is 2.84. The Morgan fingerprint density at radius 2 is 2.30 bits per heavy atom. The maximum Gasteiger partial charge on any atom is 0.119 e. The van der Waals surface area contributed by atoms with E-state index in [2.05, 4.69) is 13.8 Å². The third-order valence-electron chi connectivity index (χ3n) is 2.07. The molecular weight excluding hydrogens is 127 g/mol. The molecule has 0 radical (unpaired) electrons. The van der Waals surface area contributed by atoms with Crippen molar-refractivity contribution >= 4 is 0 Å². The first-order valence-corrected chi connectivity index (χ1v) is 3.79. The molecule has 10 heavy (non-hydrogen) atoms. The van der Waals surface area contributed by atoms with E-state index < -0.39 is 0 Å². The SMILES string of the molecule is CCC1C=CC(F)=CC1C. The highest BCUT2D eigenvalue weighted by Gasteiger charge is 2.13. The third-order valence-corrected chi connectivity index (χ3v) is 2.07. The molecule has 0 aromatic heterocycles. The van der Waals surface area contributed by atoms with E-state index in [1.54, 1.807) is 12.2 Å². The highest BCUT2D eigenvalue weighted by molar-refractivity contribution is 5.19. The van der Waals surface area contributed by atoms with Gasteiger partial charge in [0, 0.05) is 0 Å². The molecule has 0 aliphatic heterocycles. The number of halogens is 1. The summed E-state index contributed by atoms with van der Waals surface area (Å²) in [6, 6.07) is 0. The van der Waals surface area contributed by atoms with Crippen LogP contribution in [0, 0.1) is 11.8 Å². The van der Waals surface area contributed by atoms with Crippen LogP contribution in [0.3, 0.4) is 0 Å². The summed E-state index contributed by atoms with van der Waals surface area (Å²) < 4.78 is 12.5. The van der Waals surface area contributed by atoms with Crippen molar-refractivity contribution < 1.29 is 4.39 Å². The lowest BCUT2D eigenvalue weighted by Crippen LogP contribution is -2.08. The van der Waals surface area contributed by atoms with Crippen LogP contribution in [0.2, 0.25) is 0 Å². The molecule has 0 N–H and O–H groups in total. The predicted molar refractivity (Wildman–Crippen MR) is 41.3 cm³/mol. The fraction of sp³-hybridized carbons (Fsp3) is 0.556. The minimum atomic E-state index is -0.0859. The molecule has 0 fully saturated rings. The van der Waals surface area contributed by atoms with Crippen LogP contribution in [-0.2, 0) is 0 Å². The number of hydrogen-bond acceptors (Lipinski definition) is 0. The zero-order valence-electron chi connectivity index (χ0n) is 6.47. The van der Waals surface area contributed by atoms with E-state index in [0.717, 1.165) is 6.42 Å². The van der Waals surface area contributed by atoms with Crippen LogP contribution in [0.4, 0.5) is 4.39 Å². The monoisotopic (exact) mass is 140 g/mol. The van der Waals surface area contributed by atoms with Crippen LogP contribution in [-0.4, -0.2) is 0 Å². The molecule has 0 aromatic rings. The molecule has 0 heterocycles. The van der Waals surface area contributed by atoms with Gasteiger partial charge in [-0.25, -0.2) is 4.39 Å². The zero-order chi connectivity index (χ0) is 7.56. The summed E-state index contributed by atoms with van der Waals surface area (Å²) in [6.45, 7) is 4.18. The van der Waals surface area contributed by atoms with Gasteiger partial charge in [-0.1, -0.05) is 19.9 Å². The smallest absolute Gasteiger partial charge is 0.119 e. The molecule has 1 rings (SSSR count). The molecule has 0 saturated carbocycles. The number of rotatable bonds is 1. The Labute approximate surface area is 61.4 Å². The minimum Gasteiger partial charge on any atom is -0.207 e. The Hall–Kier alpha value is -0.590. The molecule has 1 heteroatoms. The Morgan fingerprint density at radius 3 is 2.80 bits per heavy atom. The summed E-state index contributed by atoms with van der Waals surface area (Å²) in [6.07, 6.45) is 6.31. The lowest BCUT2D eigenvalue weighted by atomic mass is 9.88. The van der Waals surface area contributed by atoms with Gasteiger partial charge in [0.1, 0.15) is 5.83 Å². The summed E-state index contributed by atoms with van der Waals surface area (Å²) in [7, 11) is 0. The lowest BCUT2D eigenvalue weighted by molar-refractivity contribution is 0.472. The molecule has 0 amide bonds. The van der Waals surface area contributed by atoms with Gasteiger partial charge in [-0.15, -0.1) is 0 Å². The third kappa shape index (κ3) is 1.47. The molecule has 0 nitrogen and oxygen atoms in total. The molecule has 56 valence electrons. The van der Waals surface area contributed by atoms with E-state index in [1.807, 2.05) is 6.08 Å². The van der Waals surface area contributed by atoms with Crippen LogP contribution in [0.1, 0.15) is 20.3 Å². The van der Waals surface area contributed by atoms with Gasteiger partial charge in [-0.05, 0) is 30.4 Å². The standard InChI is InChI=1S/C9H13F/c1-3-8-4-5-9(10)6-7(8)2/h4-8H,3H2,1-2H3. The van der Waals surface area contributed by atoms with Crippen molar-refractivity contribution in [2.75, 3.05) is 0 Å². The van der Waals surface area contributed by atoms with E-state index >= 15 is 0 Å². The van der Waals surface area contributed by atoms with Crippen molar-refractivity contribution in [2.24, 2.45) is 11.8 Å². The molecular formula is C9H13F. The normalized spacial score (nSPS) is 32.1. The van der Waals surface area contributed by atoms with Gasteiger partial charge in [0.2, 0.25) is 0 Å². The quantitative estimate of drug-likeness (QED) is 0.525. The van der Waals surface area contributed by atoms with E-state index in [4.69, 9.17) is 0 Å². The molecule has 0 bridgehead atoms. The first-order valence-electron chi connectivity index (χ1n) is 3.79. The van der Waals surface area contributed by atoms with Crippen molar-refractivity contribution in [2.45, 2.75) is 20.3 Å². The summed E-state index contributed by atoms with van der Waals surface area (Å²) in [5, 5.41) is 0. The average Bonchev–Trinajstić information content (AvgIpc) is 1.88. The van der Waals surface area contributed by atoms with E-state index in [1.165, 1.54) is 0 Å².